The molecule has 0 aliphatic rings. The van der Waals surface area contributed by atoms with Crippen molar-refractivity contribution in [2.24, 2.45) is 12.8 Å². The fourth-order valence-electron chi connectivity index (χ4n) is 1.76. The molecule has 0 aliphatic carbocycles. The topological polar surface area (TPSA) is 112 Å². The van der Waals surface area contributed by atoms with Gasteiger partial charge in [-0.2, -0.15) is 9.78 Å². The Labute approximate surface area is 134 Å². The van der Waals surface area contributed by atoms with Crippen molar-refractivity contribution in [3.8, 4) is 5.69 Å². The Bertz CT molecular complexity index is 892. The Balaban J connectivity index is 2.60. The highest BCUT2D eigenvalue weighted by Gasteiger charge is 2.16. The summed E-state index contributed by atoms with van der Waals surface area (Å²) in [5, 5.41) is 6.33. The second-order valence-corrected chi connectivity index (χ2v) is 5.20. The molecule has 1 atom stereocenters. The average molecular weight is 342 g/mol. The van der Waals surface area contributed by atoms with Crippen molar-refractivity contribution in [1.82, 2.24) is 14.3 Å². The molecular weight excluding hydrogens is 329 g/mol. The van der Waals surface area contributed by atoms with E-state index in [0.29, 0.717) is 4.68 Å². The lowest BCUT2D eigenvalue weighted by atomic mass is 10.2. The molecule has 0 saturated carbocycles. The summed E-state index contributed by atoms with van der Waals surface area (Å²) in [5.74, 6) is -1.45. The van der Waals surface area contributed by atoms with Gasteiger partial charge in [0.2, 0.25) is 5.91 Å². The van der Waals surface area contributed by atoms with E-state index in [2.05, 4.69) is 10.4 Å². The van der Waals surface area contributed by atoms with Gasteiger partial charge in [0.25, 0.3) is 5.56 Å². The molecule has 1 heterocycles. The van der Waals surface area contributed by atoms with E-state index in [1.165, 1.54) is 20.0 Å². The first kappa shape index (κ1) is 16.7. The molecule has 2 aromatic rings. The monoisotopic (exact) mass is 341 g/mol. The van der Waals surface area contributed by atoms with Crippen molar-refractivity contribution < 1.29 is 9.18 Å². The predicted molar refractivity (Wildman–Crippen MR) is 82.3 cm³/mol. The summed E-state index contributed by atoms with van der Waals surface area (Å²) in [5.41, 5.74) is 3.66. The van der Waals surface area contributed by atoms with Gasteiger partial charge in [-0.3, -0.25) is 14.2 Å². The van der Waals surface area contributed by atoms with Crippen LogP contribution in [0.15, 0.2) is 27.9 Å². The molecule has 3 N–H and O–H groups in total. The number of halogens is 2. The molecule has 0 fully saturated rings. The van der Waals surface area contributed by atoms with Gasteiger partial charge in [-0.1, -0.05) is 11.6 Å². The van der Waals surface area contributed by atoms with E-state index in [-0.39, 0.29) is 16.4 Å². The quantitative estimate of drug-likeness (QED) is 0.813. The van der Waals surface area contributed by atoms with E-state index < -0.39 is 29.0 Å². The predicted octanol–water partition coefficient (Wildman–Crippen LogP) is 0.00940. The number of nitrogens with two attached hydrogens (primary N) is 1. The third-order valence-corrected chi connectivity index (χ3v) is 3.46. The van der Waals surface area contributed by atoms with Crippen molar-refractivity contribution in [2.45, 2.75) is 13.0 Å². The van der Waals surface area contributed by atoms with Crippen molar-refractivity contribution in [1.29, 1.82) is 0 Å². The van der Waals surface area contributed by atoms with Crippen LogP contribution in [0.3, 0.4) is 0 Å². The highest BCUT2D eigenvalue weighted by molar-refractivity contribution is 6.33. The van der Waals surface area contributed by atoms with Gasteiger partial charge in [0.15, 0.2) is 5.82 Å². The SMILES string of the molecule is CC(Nc1cc(-n2ncc(=O)n(C)c2=O)c(F)cc1Cl)C(N)=O. The van der Waals surface area contributed by atoms with Crippen molar-refractivity contribution >= 4 is 23.2 Å². The Morgan fingerprint density at radius 1 is 1.43 bits per heavy atom. The number of amides is 1. The molecule has 1 aromatic carbocycles. The zero-order valence-electron chi connectivity index (χ0n) is 12.2. The van der Waals surface area contributed by atoms with E-state index in [9.17, 15) is 18.8 Å². The standard InChI is InChI=1S/C13H13ClFN5O3/c1-6(12(16)22)18-9-4-10(8(15)3-7(9)14)20-13(23)19(2)11(21)5-17-20/h3-6,18H,1-2H3,(H2,16,22). The van der Waals surface area contributed by atoms with Crippen LogP contribution in [0, 0.1) is 5.82 Å². The molecule has 23 heavy (non-hydrogen) atoms. The number of aromatic nitrogens is 3. The molecule has 10 heteroatoms. The minimum Gasteiger partial charge on any atom is -0.373 e. The Morgan fingerprint density at radius 3 is 2.70 bits per heavy atom. The van der Waals surface area contributed by atoms with E-state index in [0.717, 1.165) is 16.8 Å². The zero-order valence-corrected chi connectivity index (χ0v) is 13.0. The number of hydrogen-bond donors (Lipinski definition) is 2. The summed E-state index contributed by atoms with van der Waals surface area (Å²) in [6, 6.07) is 1.40. The van der Waals surface area contributed by atoms with Gasteiger partial charge in [-0.05, 0) is 19.1 Å². The van der Waals surface area contributed by atoms with Crippen LogP contribution in [0.5, 0.6) is 0 Å². The second-order valence-electron chi connectivity index (χ2n) is 4.79. The number of nitrogens with one attached hydrogen (secondary N) is 1. The Hall–Kier alpha value is -2.68. The molecule has 1 unspecified atom stereocenters. The third kappa shape index (κ3) is 3.24. The van der Waals surface area contributed by atoms with Crippen molar-refractivity contribution in [3.05, 3.63) is 50.0 Å². The molecule has 0 aliphatic heterocycles. The summed E-state index contributed by atoms with van der Waals surface area (Å²) < 4.78 is 15.6. The van der Waals surface area contributed by atoms with Gasteiger partial charge in [-0.25, -0.2) is 9.18 Å². The lowest BCUT2D eigenvalue weighted by molar-refractivity contribution is -0.118. The number of benzene rings is 1. The van der Waals surface area contributed by atoms with E-state index in [4.69, 9.17) is 17.3 Å². The largest absolute Gasteiger partial charge is 0.373 e. The van der Waals surface area contributed by atoms with Gasteiger partial charge in [0.05, 0.1) is 10.7 Å². The highest BCUT2D eigenvalue weighted by Crippen LogP contribution is 2.27. The van der Waals surface area contributed by atoms with Crippen LogP contribution in [0.25, 0.3) is 5.69 Å². The van der Waals surface area contributed by atoms with E-state index in [1.807, 2.05) is 0 Å². The number of rotatable bonds is 4. The lowest BCUT2D eigenvalue weighted by Gasteiger charge is -2.15. The number of carbonyl (C=O) groups excluding carboxylic acids is 1. The summed E-state index contributed by atoms with van der Waals surface area (Å²) in [4.78, 5) is 34.5. The molecular formula is C13H13ClFN5O3. The van der Waals surface area contributed by atoms with Crippen LogP contribution in [0.1, 0.15) is 6.92 Å². The van der Waals surface area contributed by atoms with Crippen LogP contribution in [-0.4, -0.2) is 26.3 Å². The van der Waals surface area contributed by atoms with E-state index >= 15 is 0 Å². The minimum absolute atomic E-state index is 0.00258. The first-order valence-electron chi connectivity index (χ1n) is 6.43. The Morgan fingerprint density at radius 2 is 2.09 bits per heavy atom. The van der Waals surface area contributed by atoms with Crippen LogP contribution in [0.4, 0.5) is 10.1 Å². The van der Waals surface area contributed by atoms with Gasteiger partial charge in [0, 0.05) is 7.05 Å². The average Bonchev–Trinajstić information content (AvgIpc) is 2.48. The van der Waals surface area contributed by atoms with Crippen LogP contribution >= 0.6 is 11.6 Å². The zero-order chi connectivity index (χ0) is 17.3. The maximum atomic E-state index is 14.1. The first-order chi connectivity index (χ1) is 10.7. The van der Waals surface area contributed by atoms with E-state index in [1.54, 1.807) is 0 Å². The molecule has 0 radical (unpaired) electrons. The Kier molecular flexibility index (Phi) is 4.50. The summed E-state index contributed by atoms with van der Waals surface area (Å²) in [7, 11) is 1.24. The van der Waals surface area contributed by atoms with Crippen molar-refractivity contribution in [3.63, 3.8) is 0 Å². The maximum Gasteiger partial charge on any atom is 0.352 e. The number of nitrogens with zero attached hydrogens (tertiary/aromatic N) is 3. The maximum absolute atomic E-state index is 14.1. The van der Waals surface area contributed by atoms with Gasteiger partial charge >= 0.3 is 5.69 Å². The smallest absolute Gasteiger partial charge is 0.352 e. The number of carbonyl (C=O) groups is 1. The number of primary amides is 1. The molecule has 122 valence electrons. The summed E-state index contributed by atoms with van der Waals surface area (Å²) >= 11 is 5.92. The lowest BCUT2D eigenvalue weighted by Crippen LogP contribution is -2.38. The molecule has 0 spiro atoms. The second kappa shape index (κ2) is 6.21. The van der Waals surface area contributed by atoms with Crippen LogP contribution in [-0.2, 0) is 11.8 Å². The minimum atomic E-state index is -0.826. The summed E-state index contributed by atoms with van der Waals surface area (Å²) in [6.07, 6.45) is 0.884. The molecule has 0 bridgehead atoms. The molecule has 2 rings (SSSR count). The number of hydrogen-bond acceptors (Lipinski definition) is 5. The molecule has 8 nitrogen and oxygen atoms in total. The van der Waals surface area contributed by atoms with Gasteiger partial charge < -0.3 is 11.1 Å². The fraction of sp³-hybridized carbons (Fsp3) is 0.231. The normalized spacial score (nSPS) is 12.0. The summed E-state index contributed by atoms with van der Waals surface area (Å²) in [6.45, 7) is 1.50. The van der Waals surface area contributed by atoms with Crippen molar-refractivity contribution in [2.75, 3.05) is 5.32 Å². The molecule has 0 saturated heterocycles. The van der Waals surface area contributed by atoms with Crippen LogP contribution in [0.2, 0.25) is 5.02 Å². The van der Waals surface area contributed by atoms with Gasteiger partial charge in [-0.15, -0.1) is 0 Å². The highest BCUT2D eigenvalue weighted by atomic mass is 35.5. The molecule has 1 amide bonds. The van der Waals surface area contributed by atoms with Gasteiger partial charge in [0.1, 0.15) is 17.9 Å². The fourth-order valence-corrected chi connectivity index (χ4v) is 1.96. The third-order valence-electron chi connectivity index (χ3n) is 3.15. The first-order valence-corrected chi connectivity index (χ1v) is 6.80. The van der Waals surface area contributed by atoms with Crippen LogP contribution < -0.4 is 22.3 Å². The molecule has 1 aromatic heterocycles. The number of anilines is 1.